The summed E-state index contributed by atoms with van der Waals surface area (Å²) in [6.07, 6.45) is 8.50. The van der Waals surface area contributed by atoms with E-state index in [4.69, 9.17) is 18.0 Å². The minimum atomic E-state index is 0.358. The van der Waals surface area contributed by atoms with Crippen molar-refractivity contribution in [3.63, 3.8) is 0 Å². The highest BCUT2D eigenvalue weighted by atomic mass is 32.1. The molecule has 0 bridgehead atoms. The van der Waals surface area contributed by atoms with Gasteiger partial charge in [-0.15, -0.1) is 0 Å². The average Bonchev–Trinajstić information content (AvgIpc) is 2.38. The van der Waals surface area contributed by atoms with Gasteiger partial charge in [0.25, 0.3) is 0 Å². The van der Waals surface area contributed by atoms with Crippen molar-refractivity contribution in [2.75, 3.05) is 11.9 Å². The molecule has 1 aromatic heterocycles. The van der Waals surface area contributed by atoms with Crippen molar-refractivity contribution in [3.05, 3.63) is 24.0 Å². The quantitative estimate of drug-likeness (QED) is 0.806. The number of thiocarbonyl (C=S) groups is 1. The minimum Gasteiger partial charge on any atom is -0.388 e. The van der Waals surface area contributed by atoms with Crippen LogP contribution in [0.3, 0.4) is 0 Å². The summed E-state index contributed by atoms with van der Waals surface area (Å²) in [5.74, 6) is 0.781. The first-order valence-corrected chi connectivity index (χ1v) is 6.67. The van der Waals surface area contributed by atoms with Crippen molar-refractivity contribution in [2.45, 2.75) is 32.1 Å². The molecule has 0 aromatic carbocycles. The van der Waals surface area contributed by atoms with Crippen LogP contribution >= 0.6 is 12.2 Å². The molecule has 1 heterocycles. The zero-order valence-corrected chi connectivity index (χ0v) is 10.8. The molecule has 3 nitrogen and oxygen atoms in total. The zero-order chi connectivity index (χ0) is 12.1. The largest absolute Gasteiger partial charge is 0.388 e. The summed E-state index contributed by atoms with van der Waals surface area (Å²) in [6, 6.07) is 3.90. The Hall–Kier alpha value is -1.16. The van der Waals surface area contributed by atoms with Gasteiger partial charge in [-0.1, -0.05) is 31.5 Å². The lowest BCUT2D eigenvalue weighted by molar-refractivity contribution is 0.373. The number of hydrogen-bond donors (Lipinski definition) is 2. The smallest absolute Gasteiger partial charge is 0.124 e. The second-order valence-electron chi connectivity index (χ2n) is 4.65. The Morgan fingerprint density at radius 2 is 2.18 bits per heavy atom. The van der Waals surface area contributed by atoms with E-state index in [1.54, 1.807) is 6.20 Å². The molecule has 4 heteroatoms. The molecule has 92 valence electrons. The summed E-state index contributed by atoms with van der Waals surface area (Å²) in [5.41, 5.74) is 7.32. The summed E-state index contributed by atoms with van der Waals surface area (Å²) >= 11 is 5.00. The van der Waals surface area contributed by atoms with E-state index in [0.717, 1.165) is 18.2 Å². The summed E-state index contributed by atoms with van der Waals surface area (Å²) in [4.78, 5) is 4.57. The maximum Gasteiger partial charge on any atom is 0.124 e. The third kappa shape index (κ3) is 3.40. The van der Waals surface area contributed by atoms with Crippen LogP contribution in [0.2, 0.25) is 0 Å². The Morgan fingerprint density at radius 1 is 1.41 bits per heavy atom. The van der Waals surface area contributed by atoms with Gasteiger partial charge < -0.3 is 11.1 Å². The van der Waals surface area contributed by atoms with Crippen molar-refractivity contribution in [3.8, 4) is 0 Å². The number of nitrogens with two attached hydrogens (primary N) is 1. The maximum absolute atomic E-state index is 5.65. The standard InChI is InChI=1S/C13H19N3S/c14-13(17)12-11(7-4-8-15-12)16-9-10-5-2-1-3-6-10/h4,7-8,10,16H,1-3,5-6,9H2,(H2,14,17). The fraction of sp³-hybridized carbons (Fsp3) is 0.538. The minimum absolute atomic E-state index is 0.358. The van der Waals surface area contributed by atoms with Crippen LogP contribution in [-0.2, 0) is 0 Å². The SMILES string of the molecule is NC(=S)c1ncccc1NCC1CCCCC1. The van der Waals surface area contributed by atoms with E-state index >= 15 is 0 Å². The van der Waals surface area contributed by atoms with Crippen molar-refractivity contribution in [2.24, 2.45) is 11.7 Å². The molecule has 3 N–H and O–H groups in total. The van der Waals surface area contributed by atoms with Crippen LogP contribution in [-0.4, -0.2) is 16.5 Å². The normalized spacial score (nSPS) is 16.7. The molecular weight excluding hydrogens is 230 g/mol. The lowest BCUT2D eigenvalue weighted by Crippen LogP contribution is -2.20. The summed E-state index contributed by atoms with van der Waals surface area (Å²) in [5, 5.41) is 3.43. The lowest BCUT2D eigenvalue weighted by atomic mass is 9.89. The number of aromatic nitrogens is 1. The average molecular weight is 249 g/mol. The highest BCUT2D eigenvalue weighted by molar-refractivity contribution is 7.80. The van der Waals surface area contributed by atoms with E-state index in [-0.39, 0.29) is 0 Å². The zero-order valence-electron chi connectivity index (χ0n) is 9.98. The van der Waals surface area contributed by atoms with Gasteiger partial charge in [0.1, 0.15) is 10.7 Å². The van der Waals surface area contributed by atoms with E-state index in [1.807, 2.05) is 12.1 Å². The first-order valence-electron chi connectivity index (χ1n) is 6.26. The van der Waals surface area contributed by atoms with Crippen LogP contribution in [0.15, 0.2) is 18.3 Å². The van der Waals surface area contributed by atoms with Gasteiger partial charge in [0, 0.05) is 12.7 Å². The van der Waals surface area contributed by atoms with E-state index < -0.39 is 0 Å². The first-order chi connectivity index (χ1) is 8.27. The van der Waals surface area contributed by atoms with Gasteiger partial charge in [0.2, 0.25) is 0 Å². The Bertz CT molecular complexity index is 386. The van der Waals surface area contributed by atoms with Gasteiger partial charge in [-0.25, -0.2) is 0 Å². The predicted molar refractivity (Wildman–Crippen MR) is 75.2 cm³/mol. The molecule has 17 heavy (non-hydrogen) atoms. The molecule has 0 unspecified atom stereocenters. The van der Waals surface area contributed by atoms with Crippen LogP contribution in [0.1, 0.15) is 37.8 Å². The van der Waals surface area contributed by atoms with Crippen molar-refractivity contribution in [1.29, 1.82) is 0 Å². The van der Waals surface area contributed by atoms with Crippen LogP contribution in [0.5, 0.6) is 0 Å². The van der Waals surface area contributed by atoms with Crippen molar-refractivity contribution >= 4 is 22.9 Å². The Labute approximate surface area is 108 Å². The van der Waals surface area contributed by atoms with Gasteiger partial charge in [0.05, 0.1) is 5.69 Å². The number of rotatable bonds is 4. The molecule has 1 aliphatic carbocycles. The second kappa shape index (κ2) is 5.96. The molecule has 0 spiro atoms. The molecule has 1 aromatic rings. The molecular formula is C13H19N3S. The van der Waals surface area contributed by atoms with Gasteiger partial charge >= 0.3 is 0 Å². The third-order valence-electron chi connectivity index (χ3n) is 3.35. The highest BCUT2D eigenvalue weighted by Crippen LogP contribution is 2.24. The first kappa shape index (κ1) is 12.3. The third-order valence-corrected chi connectivity index (χ3v) is 3.54. The second-order valence-corrected chi connectivity index (χ2v) is 5.09. The van der Waals surface area contributed by atoms with E-state index in [9.17, 15) is 0 Å². The number of nitrogens with one attached hydrogen (secondary N) is 1. The number of hydrogen-bond acceptors (Lipinski definition) is 3. The van der Waals surface area contributed by atoms with E-state index in [2.05, 4.69) is 10.3 Å². The maximum atomic E-state index is 5.65. The Kier molecular flexibility index (Phi) is 4.31. The Morgan fingerprint density at radius 3 is 2.88 bits per heavy atom. The van der Waals surface area contributed by atoms with Crippen LogP contribution in [0.25, 0.3) is 0 Å². The summed E-state index contributed by atoms with van der Waals surface area (Å²) in [6.45, 7) is 1.00. The molecule has 0 aliphatic heterocycles. The molecule has 1 fully saturated rings. The van der Waals surface area contributed by atoms with E-state index in [0.29, 0.717) is 10.7 Å². The molecule has 0 amide bonds. The molecule has 0 saturated heterocycles. The molecule has 2 rings (SSSR count). The predicted octanol–water partition coefficient (Wildman–Crippen LogP) is 2.71. The lowest BCUT2D eigenvalue weighted by Gasteiger charge is -2.22. The van der Waals surface area contributed by atoms with Crippen LogP contribution < -0.4 is 11.1 Å². The number of anilines is 1. The molecule has 0 radical (unpaired) electrons. The van der Waals surface area contributed by atoms with Gasteiger partial charge in [-0.05, 0) is 30.9 Å². The molecule has 1 aliphatic rings. The fourth-order valence-corrected chi connectivity index (χ4v) is 2.55. The van der Waals surface area contributed by atoms with Gasteiger partial charge in [0.15, 0.2) is 0 Å². The van der Waals surface area contributed by atoms with Crippen molar-refractivity contribution < 1.29 is 0 Å². The number of nitrogens with zero attached hydrogens (tertiary/aromatic N) is 1. The van der Waals surface area contributed by atoms with Crippen molar-refractivity contribution in [1.82, 2.24) is 4.98 Å². The van der Waals surface area contributed by atoms with Gasteiger partial charge in [-0.3, -0.25) is 4.98 Å². The summed E-state index contributed by atoms with van der Waals surface area (Å²) < 4.78 is 0. The monoisotopic (exact) mass is 249 g/mol. The number of pyridine rings is 1. The fourth-order valence-electron chi connectivity index (χ4n) is 2.39. The molecule has 0 atom stereocenters. The highest BCUT2D eigenvalue weighted by Gasteiger charge is 2.14. The van der Waals surface area contributed by atoms with E-state index in [1.165, 1.54) is 32.1 Å². The Balaban J connectivity index is 1.96. The van der Waals surface area contributed by atoms with Crippen LogP contribution in [0.4, 0.5) is 5.69 Å². The topological polar surface area (TPSA) is 50.9 Å². The molecule has 1 saturated carbocycles. The summed E-state index contributed by atoms with van der Waals surface area (Å²) in [7, 11) is 0. The van der Waals surface area contributed by atoms with Crippen LogP contribution in [0, 0.1) is 5.92 Å². The van der Waals surface area contributed by atoms with Gasteiger partial charge in [-0.2, -0.15) is 0 Å².